The largest absolute Gasteiger partial charge is 0.366 e. The number of nitrogens with two attached hydrogens (primary N) is 1. The number of rotatable bonds is 6. The Morgan fingerprint density at radius 2 is 1.75 bits per heavy atom. The molecule has 2 amide bonds. The van der Waals surface area contributed by atoms with Gasteiger partial charge in [0.15, 0.2) is 0 Å². The average Bonchev–Trinajstić information content (AvgIpc) is 2.79. The van der Waals surface area contributed by atoms with E-state index in [4.69, 9.17) is 5.73 Å². The molecule has 1 aliphatic rings. The fourth-order valence-electron chi connectivity index (χ4n) is 3.85. The smallest absolute Gasteiger partial charge is 0.261 e. The standard InChI is InChI=1S/C23H24BrN5O3/c24-18-5-6-20-19(13-18)23(32)29(15-26-20)8-7-21(30)28-11-9-27(10-12-28)14-16-1-3-17(4-2-16)22(25)31/h1-6,13,15H,7-12,14H2,(H2,25,31). The van der Waals surface area contributed by atoms with Gasteiger partial charge in [0.05, 0.1) is 17.2 Å². The molecule has 0 saturated carbocycles. The summed E-state index contributed by atoms with van der Waals surface area (Å²) in [5.41, 5.74) is 7.38. The minimum atomic E-state index is -0.432. The maximum atomic E-state index is 12.7. The Hall–Kier alpha value is -3.04. The molecule has 1 aromatic heterocycles. The van der Waals surface area contributed by atoms with Crippen LogP contribution in [0.5, 0.6) is 0 Å². The van der Waals surface area contributed by atoms with Gasteiger partial charge in [-0.2, -0.15) is 0 Å². The number of primary amides is 1. The molecule has 2 aromatic carbocycles. The predicted octanol–water partition coefficient (Wildman–Crippen LogP) is 1.99. The fraction of sp³-hybridized carbons (Fsp3) is 0.304. The van der Waals surface area contributed by atoms with Gasteiger partial charge in [-0.05, 0) is 35.9 Å². The monoisotopic (exact) mass is 497 g/mol. The summed E-state index contributed by atoms with van der Waals surface area (Å²) in [5.74, 6) is -0.394. The molecule has 32 heavy (non-hydrogen) atoms. The lowest BCUT2D eigenvalue weighted by Gasteiger charge is -2.34. The van der Waals surface area contributed by atoms with Crippen LogP contribution in [0.1, 0.15) is 22.3 Å². The van der Waals surface area contributed by atoms with Crippen molar-refractivity contribution < 1.29 is 9.59 Å². The summed E-state index contributed by atoms with van der Waals surface area (Å²) in [4.78, 5) is 45.0. The Kier molecular flexibility index (Phi) is 6.66. The average molecular weight is 498 g/mol. The molecule has 1 fully saturated rings. The second-order valence-electron chi connectivity index (χ2n) is 7.87. The quantitative estimate of drug-likeness (QED) is 0.560. The minimum absolute atomic E-state index is 0.0386. The molecule has 166 valence electrons. The normalized spacial score (nSPS) is 14.6. The van der Waals surface area contributed by atoms with Crippen molar-refractivity contribution in [3.8, 4) is 0 Å². The van der Waals surface area contributed by atoms with E-state index in [0.717, 1.165) is 29.7 Å². The highest BCUT2D eigenvalue weighted by molar-refractivity contribution is 9.10. The molecular weight excluding hydrogens is 474 g/mol. The molecule has 2 heterocycles. The number of amides is 2. The SMILES string of the molecule is NC(=O)c1ccc(CN2CCN(C(=O)CCn3cnc4ccc(Br)cc4c3=O)CC2)cc1. The van der Waals surface area contributed by atoms with Crippen LogP contribution in [0.25, 0.3) is 10.9 Å². The number of hydrogen-bond acceptors (Lipinski definition) is 5. The predicted molar refractivity (Wildman–Crippen MR) is 125 cm³/mol. The first kappa shape index (κ1) is 22.2. The molecule has 1 saturated heterocycles. The van der Waals surface area contributed by atoms with Crippen LogP contribution in [0.3, 0.4) is 0 Å². The van der Waals surface area contributed by atoms with Crippen molar-refractivity contribution in [3.05, 3.63) is 74.7 Å². The summed E-state index contributed by atoms with van der Waals surface area (Å²) in [7, 11) is 0. The molecular formula is C23H24BrN5O3. The van der Waals surface area contributed by atoms with Crippen molar-refractivity contribution >= 4 is 38.6 Å². The third kappa shape index (κ3) is 5.05. The molecule has 0 aliphatic carbocycles. The zero-order chi connectivity index (χ0) is 22.7. The Balaban J connectivity index is 1.29. The Morgan fingerprint density at radius 1 is 1.03 bits per heavy atom. The van der Waals surface area contributed by atoms with Crippen LogP contribution in [0, 0.1) is 0 Å². The lowest BCUT2D eigenvalue weighted by molar-refractivity contribution is -0.133. The van der Waals surface area contributed by atoms with Crippen molar-refractivity contribution in [1.82, 2.24) is 19.4 Å². The zero-order valence-electron chi connectivity index (χ0n) is 17.5. The van der Waals surface area contributed by atoms with E-state index in [1.54, 1.807) is 24.3 Å². The summed E-state index contributed by atoms with van der Waals surface area (Å²) in [5, 5.41) is 0.534. The van der Waals surface area contributed by atoms with Crippen molar-refractivity contribution in [1.29, 1.82) is 0 Å². The third-order valence-corrected chi connectivity index (χ3v) is 6.22. The van der Waals surface area contributed by atoms with E-state index in [-0.39, 0.29) is 17.9 Å². The molecule has 8 nitrogen and oxygen atoms in total. The summed E-state index contributed by atoms with van der Waals surface area (Å²) in [6, 6.07) is 12.7. The van der Waals surface area contributed by atoms with E-state index in [2.05, 4.69) is 25.8 Å². The Labute approximate surface area is 193 Å². The third-order valence-electron chi connectivity index (χ3n) is 5.72. The molecule has 3 aromatic rings. The Morgan fingerprint density at radius 3 is 2.44 bits per heavy atom. The summed E-state index contributed by atoms with van der Waals surface area (Å²) < 4.78 is 2.32. The number of piperazine rings is 1. The zero-order valence-corrected chi connectivity index (χ0v) is 19.1. The van der Waals surface area contributed by atoms with Crippen molar-refractivity contribution in [2.75, 3.05) is 26.2 Å². The fourth-order valence-corrected chi connectivity index (χ4v) is 4.21. The van der Waals surface area contributed by atoms with Crippen LogP contribution >= 0.6 is 15.9 Å². The molecule has 0 radical (unpaired) electrons. The van der Waals surface area contributed by atoms with Gasteiger partial charge in [-0.15, -0.1) is 0 Å². The lowest BCUT2D eigenvalue weighted by atomic mass is 10.1. The topological polar surface area (TPSA) is 102 Å². The lowest BCUT2D eigenvalue weighted by Crippen LogP contribution is -2.48. The second-order valence-corrected chi connectivity index (χ2v) is 8.79. The van der Waals surface area contributed by atoms with E-state index >= 15 is 0 Å². The van der Waals surface area contributed by atoms with E-state index in [9.17, 15) is 14.4 Å². The maximum absolute atomic E-state index is 12.7. The van der Waals surface area contributed by atoms with E-state index in [1.807, 2.05) is 23.1 Å². The molecule has 9 heteroatoms. The van der Waals surface area contributed by atoms with Gasteiger partial charge in [-0.1, -0.05) is 28.1 Å². The van der Waals surface area contributed by atoms with Crippen LogP contribution < -0.4 is 11.3 Å². The van der Waals surface area contributed by atoms with Gasteiger partial charge in [0, 0.05) is 55.7 Å². The summed E-state index contributed by atoms with van der Waals surface area (Å²) in [6.45, 7) is 3.91. The number of benzene rings is 2. The summed E-state index contributed by atoms with van der Waals surface area (Å²) in [6.07, 6.45) is 1.77. The van der Waals surface area contributed by atoms with E-state index < -0.39 is 5.91 Å². The number of aromatic nitrogens is 2. The van der Waals surface area contributed by atoms with Gasteiger partial charge in [0.25, 0.3) is 5.56 Å². The number of nitrogens with zero attached hydrogens (tertiary/aromatic N) is 4. The minimum Gasteiger partial charge on any atom is -0.366 e. The molecule has 0 unspecified atom stereocenters. The summed E-state index contributed by atoms with van der Waals surface area (Å²) >= 11 is 3.38. The van der Waals surface area contributed by atoms with Gasteiger partial charge >= 0.3 is 0 Å². The second kappa shape index (κ2) is 9.62. The van der Waals surface area contributed by atoms with Gasteiger partial charge in [-0.3, -0.25) is 23.9 Å². The first-order valence-corrected chi connectivity index (χ1v) is 11.2. The van der Waals surface area contributed by atoms with E-state index in [0.29, 0.717) is 36.1 Å². The number of fused-ring (bicyclic) bond motifs is 1. The Bertz CT molecular complexity index is 1200. The highest BCUT2D eigenvalue weighted by atomic mass is 79.9. The first-order chi connectivity index (χ1) is 15.4. The van der Waals surface area contributed by atoms with Crippen LogP contribution in [-0.4, -0.2) is 57.3 Å². The van der Waals surface area contributed by atoms with Crippen LogP contribution in [0.4, 0.5) is 0 Å². The van der Waals surface area contributed by atoms with Crippen LogP contribution in [0.2, 0.25) is 0 Å². The maximum Gasteiger partial charge on any atom is 0.261 e. The number of halogens is 1. The van der Waals surface area contributed by atoms with Crippen LogP contribution in [-0.2, 0) is 17.9 Å². The van der Waals surface area contributed by atoms with Crippen molar-refractivity contribution in [3.63, 3.8) is 0 Å². The number of carbonyl (C=O) groups is 2. The van der Waals surface area contributed by atoms with Gasteiger partial charge in [-0.25, -0.2) is 4.98 Å². The van der Waals surface area contributed by atoms with Gasteiger partial charge in [0.1, 0.15) is 0 Å². The first-order valence-electron chi connectivity index (χ1n) is 10.4. The number of carbonyl (C=O) groups excluding carboxylic acids is 2. The number of aryl methyl sites for hydroxylation is 1. The molecule has 0 atom stereocenters. The van der Waals surface area contributed by atoms with Crippen molar-refractivity contribution in [2.24, 2.45) is 5.73 Å². The van der Waals surface area contributed by atoms with E-state index in [1.165, 1.54) is 10.9 Å². The number of hydrogen-bond donors (Lipinski definition) is 1. The van der Waals surface area contributed by atoms with Crippen LogP contribution in [0.15, 0.2) is 58.1 Å². The van der Waals surface area contributed by atoms with Crippen molar-refractivity contribution in [2.45, 2.75) is 19.5 Å². The van der Waals surface area contributed by atoms with Gasteiger partial charge in [0.2, 0.25) is 11.8 Å². The van der Waals surface area contributed by atoms with Gasteiger partial charge < -0.3 is 10.6 Å². The molecule has 4 rings (SSSR count). The highest BCUT2D eigenvalue weighted by Gasteiger charge is 2.21. The molecule has 0 bridgehead atoms. The molecule has 2 N–H and O–H groups in total. The molecule has 0 spiro atoms. The highest BCUT2D eigenvalue weighted by Crippen LogP contribution is 2.15. The molecule has 1 aliphatic heterocycles.